The van der Waals surface area contributed by atoms with Crippen molar-refractivity contribution >= 4 is 17.5 Å². The van der Waals surface area contributed by atoms with Crippen LogP contribution in [-0.4, -0.2) is 24.9 Å². The largest absolute Gasteiger partial charge is 0.356 e. The van der Waals surface area contributed by atoms with Gasteiger partial charge in [0, 0.05) is 25.2 Å². The van der Waals surface area contributed by atoms with E-state index in [1.165, 1.54) is 5.56 Å². The lowest BCUT2D eigenvalue weighted by molar-refractivity contribution is -0.126. The fourth-order valence-electron chi connectivity index (χ4n) is 2.78. The lowest BCUT2D eigenvalue weighted by atomic mass is 10.1. The molecule has 2 amide bonds. The van der Waals surface area contributed by atoms with Crippen LogP contribution in [0.3, 0.4) is 0 Å². The zero-order valence-electron chi connectivity index (χ0n) is 13.6. The van der Waals surface area contributed by atoms with E-state index in [2.05, 4.69) is 19.2 Å². The van der Waals surface area contributed by atoms with Gasteiger partial charge in [-0.3, -0.25) is 9.59 Å². The summed E-state index contributed by atoms with van der Waals surface area (Å²) >= 11 is 0. The molecular formula is C18H26N2O2. The number of anilines is 1. The van der Waals surface area contributed by atoms with Gasteiger partial charge < -0.3 is 10.2 Å². The molecule has 0 unspecified atom stereocenters. The van der Waals surface area contributed by atoms with Crippen molar-refractivity contribution in [3.05, 3.63) is 29.8 Å². The van der Waals surface area contributed by atoms with Gasteiger partial charge in [0.2, 0.25) is 11.8 Å². The molecule has 0 aliphatic carbocycles. The molecule has 1 saturated heterocycles. The van der Waals surface area contributed by atoms with E-state index in [9.17, 15) is 9.59 Å². The number of hydrogen-bond acceptors (Lipinski definition) is 2. The molecule has 1 atom stereocenters. The summed E-state index contributed by atoms with van der Waals surface area (Å²) in [5.41, 5.74) is 2.14. The first kappa shape index (κ1) is 16.5. The third-order valence-electron chi connectivity index (χ3n) is 4.23. The number of carbonyl (C=O) groups excluding carboxylic acids is 2. The molecule has 1 N–H and O–H groups in total. The van der Waals surface area contributed by atoms with Crippen molar-refractivity contribution in [2.45, 2.75) is 46.0 Å². The van der Waals surface area contributed by atoms with Crippen molar-refractivity contribution < 1.29 is 9.59 Å². The van der Waals surface area contributed by atoms with Gasteiger partial charge in [0.05, 0.1) is 5.92 Å². The Morgan fingerprint density at radius 2 is 1.95 bits per heavy atom. The predicted molar refractivity (Wildman–Crippen MR) is 88.8 cm³/mol. The first-order chi connectivity index (χ1) is 10.7. The van der Waals surface area contributed by atoms with Crippen molar-refractivity contribution in [3.8, 4) is 0 Å². The summed E-state index contributed by atoms with van der Waals surface area (Å²) in [5, 5.41) is 2.95. The van der Waals surface area contributed by atoms with Gasteiger partial charge in [0.1, 0.15) is 0 Å². The van der Waals surface area contributed by atoms with Crippen LogP contribution in [-0.2, 0) is 16.0 Å². The van der Waals surface area contributed by atoms with Crippen molar-refractivity contribution in [2.24, 2.45) is 5.92 Å². The highest BCUT2D eigenvalue weighted by Crippen LogP contribution is 2.25. The van der Waals surface area contributed by atoms with Crippen molar-refractivity contribution in [1.29, 1.82) is 0 Å². The monoisotopic (exact) mass is 302 g/mol. The van der Waals surface area contributed by atoms with E-state index in [0.29, 0.717) is 19.5 Å². The van der Waals surface area contributed by atoms with Gasteiger partial charge in [0.25, 0.3) is 0 Å². The van der Waals surface area contributed by atoms with Gasteiger partial charge in [-0.1, -0.05) is 38.8 Å². The molecule has 0 aromatic heterocycles. The SMILES string of the molecule is CCCCCNC(=O)[C@H]1CC(=O)N(c2ccc(CC)cc2)C1. The van der Waals surface area contributed by atoms with Crippen molar-refractivity contribution in [2.75, 3.05) is 18.0 Å². The fourth-order valence-corrected chi connectivity index (χ4v) is 2.78. The predicted octanol–water partition coefficient (Wildman–Crippen LogP) is 2.91. The number of nitrogens with one attached hydrogen (secondary N) is 1. The van der Waals surface area contributed by atoms with Gasteiger partial charge in [0.15, 0.2) is 0 Å². The molecule has 4 heteroatoms. The van der Waals surface area contributed by atoms with E-state index in [-0.39, 0.29) is 17.7 Å². The van der Waals surface area contributed by atoms with Crippen molar-refractivity contribution in [1.82, 2.24) is 5.32 Å². The molecular weight excluding hydrogens is 276 g/mol. The van der Waals surface area contributed by atoms with Gasteiger partial charge >= 0.3 is 0 Å². The summed E-state index contributed by atoms with van der Waals surface area (Å²) in [5.74, 6) is -0.171. The van der Waals surface area contributed by atoms with E-state index in [1.54, 1.807) is 4.90 Å². The standard InChI is InChI=1S/C18H26N2O2/c1-3-5-6-11-19-18(22)15-12-17(21)20(13-15)16-9-7-14(4-2)8-10-16/h7-10,15H,3-6,11-13H2,1-2H3,(H,19,22)/t15-/m0/s1. The Morgan fingerprint density at radius 3 is 2.59 bits per heavy atom. The smallest absolute Gasteiger partial charge is 0.227 e. The molecule has 22 heavy (non-hydrogen) atoms. The second-order valence-electron chi connectivity index (χ2n) is 5.92. The fraction of sp³-hybridized carbons (Fsp3) is 0.556. The zero-order chi connectivity index (χ0) is 15.9. The third kappa shape index (κ3) is 4.09. The number of hydrogen-bond donors (Lipinski definition) is 1. The normalized spacial score (nSPS) is 17.8. The maximum absolute atomic E-state index is 12.2. The molecule has 4 nitrogen and oxygen atoms in total. The van der Waals surface area contributed by atoms with E-state index >= 15 is 0 Å². The van der Waals surface area contributed by atoms with Crippen LogP contribution < -0.4 is 10.2 Å². The minimum absolute atomic E-state index is 0.0112. The lowest BCUT2D eigenvalue weighted by Gasteiger charge is -2.17. The third-order valence-corrected chi connectivity index (χ3v) is 4.23. The van der Waals surface area contributed by atoms with Gasteiger partial charge in [-0.2, -0.15) is 0 Å². The van der Waals surface area contributed by atoms with Crippen LogP contribution in [0.5, 0.6) is 0 Å². The molecule has 0 saturated carbocycles. The molecule has 0 radical (unpaired) electrons. The minimum Gasteiger partial charge on any atom is -0.356 e. The number of benzene rings is 1. The average Bonchev–Trinajstić information content (AvgIpc) is 2.93. The number of unbranched alkanes of at least 4 members (excludes halogenated alkanes) is 2. The molecule has 120 valence electrons. The number of carbonyl (C=O) groups is 2. The van der Waals surface area contributed by atoms with E-state index in [0.717, 1.165) is 31.4 Å². The number of nitrogens with zero attached hydrogens (tertiary/aromatic N) is 1. The summed E-state index contributed by atoms with van der Waals surface area (Å²) in [4.78, 5) is 26.0. The maximum atomic E-state index is 12.2. The second kappa shape index (κ2) is 7.97. The summed E-state index contributed by atoms with van der Waals surface area (Å²) in [6, 6.07) is 8.03. The van der Waals surface area contributed by atoms with Crippen LogP contribution in [0.15, 0.2) is 24.3 Å². The number of amides is 2. The van der Waals surface area contributed by atoms with Gasteiger partial charge in [-0.25, -0.2) is 0 Å². The highest BCUT2D eigenvalue weighted by Gasteiger charge is 2.34. The molecule has 1 aromatic carbocycles. The summed E-state index contributed by atoms with van der Waals surface area (Å²) in [6.07, 6.45) is 4.57. The number of rotatable bonds is 7. The van der Waals surface area contributed by atoms with Crippen LogP contribution >= 0.6 is 0 Å². The van der Waals surface area contributed by atoms with Crippen LogP contribution in [0.1, 0.15) is 45.1 Å². The Hall–Kier alpha value is -1.84. The highest BCUT2D eigenvalue weighted by molar-refractivity contribution is 6.00. The quantitative estimate of drug-likeness (QED) is 0.787. The Kier molecular flexibility index (Phi) is 5.99. The first-order valence-corrected chi connectivity index (χ1v) is 8.32. The first-order valence-electron chi connectivity index (χ1n) is 8.32. The topological polar surface area (TPSA) is 49.4 Å². The van der Waals surface area contributed by atoms with Crippen molar-refractivity contribution in [3.63, 3.8) is 0 Å². The zero-order valence-corrected chi connectivity index (χ0v) is 13.6. The molecule has 0 bridgehead atoms. The Labute approximate surface area is 132 Å². The van der Waals surface area contributed by atoms with Crippen LogP contribution in [0, 0.1) is 5.92 Å². The van der Waals surface area contributed by atoms with E-state index in [1.807, 2.05) is 24.3 Å². The average molecular weight is 302 g/mol. The van der Waals surface area contributed by atoms with Crippen LogP contribution in [0.25, 0.3) is 0 Å². The van der Waals surface area contributed by atoms with Crippen LogP contribution in [0.4, 0.5) is 5.69 Å². The minimum atomic E-state index is -0.222. The van der Waals surface area contributed by atoms with E-state index in [4.69, 9.17) is 0 Å². The number of aryl methyl sites for hydroxylation is 1. The maximum Gasteiger partial charge on any atom is 0.227 e. The molecule has 1 aromatic rings. The molecule has 1 aliphatic heterocycles. The Morgan fingerprint density at radius 1 is 1.23 bits per heavy atom. The van der Waals surface area contributed by atoms with E-state index < -0.39 is 0 Å². The molecule has 0 spiro atoms. The Balaban J connectivity index is 1.90. The molecule has 1 heterocycles. The summed E-state index contributed by atoms with van der Waals surface area (Å²) < 4.78 is 0. The highest BCUT2D eigenvalue weighted by atomic mass is 16.2. The second-order valence-corrected chi connectivity index (χ2v) is 5.92. The van der Waals surface area contributed by atoms with Gasteiger partial charge in [-0.15, -0.1) is 0 Å². The molecule has 1 fully saturated rings. The molecule has 2 rings (SSSR count). The van der Waals surface area contributed by atoms with Gasteiger partial charge in [-0.05, 0) is 30.5 Å². The molecule has 1 aliphatic rings. The van der Waals surface area contributed by atoms with Crippen LogP contribution in [0.2, 0.25) is 0 Å². The lowest BCUT2D eigenvalue weighted by Crippen LogP contribution is -2.33. The summed E-state index contributed by atoms with van der Waals surface area (Å²) in [6.45, 7) is 5.44. The summed E-state index contributed by atoms with van der Waals surface area (Å²) in [7, 11) is 0. The Bertz CT molecular complexity index is 510.